The Morgan fingerprint density at radius 1 is 1.17 bits per heavy atom. The Morgan fingerprint density at radius 3 is 2.08 bits per heavy atom. The summed E-state index contributed by atoms with van der Waals surface area (Å²) in [7, 11) is 0. The molecule has 1 aromatic rings. The van der Waals surface area contributed by atoms with E-state index in [-0.39, 0.29) is 12.0 Å². The van der Waals surface area contributed by atoms with Gasteiger partial charge in [-0.3, -0.25) is 0 Å². The number of aliphatic hydroxyl groups excluding tert-OH is 1. The molecule has 1 nitrogen and oxygen atoms in total. The molecule has 0 saturated carbocycles. The summed E-state index contributed by atoms with van der Waals surface area (Å²) in [5, 5.41) is 9.69. The van der Waals surface area contributed by atoms with Gasteiger partial charge in [-0.2, -0.15) is 0 Å². The first-order chi connectivity index (χ1) is 5.61. The van der Waals surface area contributed by atoms with Crippen molar-refractivity contribution in [1.29, 1.82) is 0 Å². The molecule has 1 aromatic carbocycles. The summed E-state index contributed by atoms with van der Waals surface area (Å²) < 4.78 is 1.20. The quantitative estimate of drug-likeness (QED) is 0.823. The van der Waals surface area contributed by atoms with Gasteiger partial charge in [-0.25, -0.2) is 0 Å². The number of benzene rings is 1. The highest BCUT2D eigenvalue weighted by Crippen LogP contribution is 2.21. The fourth-order valence-corrected chi connectivity index (χ4v) is 1.40. The molecule has 0 aliphatic rings. The lowest BCUT2D eigenvalue weighted by Crippen LogP contribution is -2.04. The van der Waals surface area contributed by atoms with Crippen molar-refractivity contribution in [3.8, 4) is 0 Å². The Labute approximate surface area is 86.9 Å². The average molecular weight is 276 g/mol. The van der Waals surface area contributed by atoms with Gasteiger partial charge in [-0.1, -0.05) is 26.0 Å². The maximum Gasteiger partial charge on any atom is 0.0812 e. The van der Waals surface area contributed by atoms with E-state index in [1.165, 1.54) is 3.57 Å². The minimum absolute atomic E-state index is 0.282. The summed E-state index contributed by atoms with van der Waals surface area (Å²) in [5.41, 5.74) is 1.01. The minimum Gasteiger partial charge on any atom is -0.388 e. The molecule has 0 amide bonds. The zero-order chi connectivity index (χ0) is 9.14. The van der Waals surface area contributed by atoms with E-state index < -0.39 is 0 Å². The first kappa shape index (κ1) is 9.99. The van der Waals surface area contributed by atoms with Crippen molar-refractivity contribution in [1.82, 2.24) is 0 Å². The van der Waals surface area contributed by atoms with Gasteiger partial charge >= 0.3 is 0 Å². The monoisotopic (exact) mass is 276 g/mol. The van der Waals surface area contributed by atoms with Gasteiger partial charge in [0.25, 0.3) is 0 Å². The Kier molecular flexibility index (Phi) is 3.53. The second-order valence-corrected chi connectivity index (χ2v) is 4.49. The van der Waals surface area contributed by atoms with Crippen LogP contribution in [0.25, 0.3) is 0 Å². The minimum atomic E-state index is -0.331. The molecule has 0 saturated heterocycles. The molecule has 0 aliphatic heterocycles. The molecule has 0 aromatic heterocycles. The summed E-state index contributed by atoms with van der Waals surface area (Å²) in [6.07, 6.45) is -0.331. The summed E-state index contributed by atoms with van der Waals surface area (Å²) in [6.45, 7) is 4.03. The summed E-state index contributed by atoms with van der Waals surface area (Å²) in [4.78, 5) is 0. The van der Waals surface area contributed by atoms with Crippen LogP contribution in [0.4, 0.5) is 0 Å². The van der Waals surface area contributed by atoms with Crippen LogP contribution >= 0.6 is 22.6 Å². The highest BCUT2D eigenvalue weighted by atomic mass is 127. The number of halogens is 1. The molecule has 12 heavy (non-hydrogen) atoms. The summed E-state index contributed by atoms with van der Waals surface area (Å²) in [5.74, 6) is 0.282. The molecule has 0 heterocycles. The van der Waals surface area contributed by atoms with E-state index in [2.05, 4.69) is 22.6 Å². The van der Waals surface area contributed by atoms with E-state index in [0.717, 1.165) is 5.56 Å². The van der Waals surface area contributed by atoms with Gasteiger partial charge in [0.2, 0.25) is 0 Å². The van der Waals surface area contributed by atoms with E-state index >= 15 is 0 Å². The van der Waals surface area contributed by atoms with Gasteiger partial charge in [-0.15, -0.1) is 0 Å². The smallest absolute Gasteiger partial charge is 0.0812 e. The van der Waals surface area contributed by atoms with Crippen molar-refractivity contribution < 1.29 is 5.11 Å². The third-order valence-electron chi connectivity index (χ3n) is 1.84. The molecule has 1 unspecified atom stereocenters. The van der Waals surface area contributed by atoms with Crippen molar-refractivity contribution in [2.24, 2.45) is 5.92 Å². The highest BCUT2D eigenvalue weighted by molar-refractivity contribution is 14.1. The van der Waals surface area contributed by atoms with Crippen LogP contribution in [0.5, 0.6) is 0 Å². The van der Waals surface area contributed by atoms with Gasteiger partial charge in [0, 0.05) is 3.57 Å². The Morgan fingerprint density at radius 2 is 1.67 bits per heavy atom. The van der Waals surface area contributed by atoms with Crippen LogP contribution in [-0.4, -0.2) is 5.11 Å². The fourth-order valence-electron chi connectivity index (χ4n) is 1.04. The van der Waals surface area contributed by atoms with Crippen molar-refractivity contribution >= 4 is 22.6 Å². The largest absolute Gasteiger partial charge is 0.388 e. The van der Waals surface area contributed by atoms with E-state index in [0.29, 0.717) is 0 Å². The van der Waals surface area contributed by atoms with Crippen LogP contribution in [0.15, 0.2) is 24.3 Å². The Hall–Kier alpha value is -0.0900. The number of hydrogen-bond acceptors (Lipinski definition) is 1. The second-order valence-electron chi connectivity index (χ2n) is 3.24. The zero-order valence-electron chi connectivity index (χ0n) is 7.29. The molecule has 1 rings (SSSR count). The zero-order valence-corrected chi connectivity index (χ0v) is 9.45. The molecule has 0 bridgehead atoms. The van der Waals surface area contributed by atoms with Crippen LogP contribution in [-0.2, 0) is 0 Å². The van der Waals surface area contributed by atoms with Gasteiger partial charge in [0.15, 0.2) is 0 Å². The van der Waals surface area contributed by atoms with Crippen LogP contribution in [0.3, 0.4) is 0 Å². The Balaban J connectivity index is 2.82. The van der Waals surface area contributed by atoms with E-state index in [1.807, 2.05) is 38.1 Å². The molecule has 1 atom stereocenters. The van der Waals surface area contributed by atoms with Gasteiger partial charge in [-0.05, 0) is 46.2 Å². The van der Waals surface area contributed by atoms with Gasteiger partial charge in [0.1, 0.15) is 0 Å². The van der Waals surface area contributed by atoms with Crippen molar-refractivity contribution in [2.75, 3.05) is 0 Å². The standard InChI is InChI=1S/C10H13IO/c1-7(2)10(12)8-3-5-9(11)6-4-8/h3-7,10,12H,1-2H3. The predicted octanol–water partition coefficient (Wildman–Crippen LogP) is 2.98. The van der Waals surface area contributed by atoms with Gasteiger partial charge in [0.05, 0.1) is 6.10 Å². The third-order valence-corrected chi connectivity index (χ3v) is 2.56. The maximum absolute atomic E-state index is 9.69. The number of rotatable bonds is 2. The van der Waals surface area contributed by atoms with Crippen molar-refractivity contribution in [3.05, 3.63) is 33.4 Å². The van der Waals surface area contributed by atoms with Crippen LogP contribution in [0.1, 0.15) is 25.5 Å². The molecule has 66 valence electrons. The molecule has 2 heteroatoms. The second kappa shape index (κ2) is 4.23. The molecule has 0 aliphatic carbocycles. The molecule has 0 fully saturated rings. The lowest BCUT2D eigenvalue weighted by atomic mass is 10.00. The third kappa shape index (κ3) is 2.45. The summed E-state index contributed by atoms with van der Waals surface area (Å²) >= 11 is 2.26. The van der Waals surface area contributed by atoms with Crippen LogP contribution < -0.4 is 0 Å². The SMILES string of the molecule is CC(C)C(O)c1ccc(I)cc1. The Bertz CT molecular complexity index is 241. The molecular formula is C10H13IO. The first-order valence-corrected chi connectivity index (χ1v) is 5.12. The van der Waals surface area contributed by atoms with Crippen molar-refractivity contribution in [2.45, 2.75) is 20.0 Å². The molecular weight excluding hydrogens is 263 g/mol. The first-order valence-electron chi connectivity index (χ1n) is 4.05. The van der Waals surface area contributed by atoms with Gasteiger partial charge < -0.3 is 5.11 Å². The number of hydrogen-bond donors (Lipinski definition) is 1. The van der Waals surface area contributed by atoms with Crippen LogP contribution in [0, 0.1) is 9.49 Å². The van der Waals surface area contributed by atoms with E-state index in [4.69, 9.17) is 0 Å². The average Bonchev–Trinajstić information content (AvgIpc) is 2.04. The van der Waals surface area contributed by atoms with Crippen LogP contribution in [0.2, 0.25) is 0 Å². The molecule has 0 radical (unpaired) electrons. The fraction of sp³-hybridized carbons (Fsp3) is 0.400. The normalized spacial score (nSPS) is 13.4. The topological polar surface area (TPSA) is 20.2 Å². The molecule has 0 spiro atoms. The highest BCUT2D eigenvalue weighted by Gasteiger charge is 2.10. The lowest BCUT2D eigenvalue weighted by molar-refractivity contribution is 0.127. The van der Waals surface area contributed by atoms with E-state index in [1.54, 1.807) is 0 Å². The van der Waals surface area contributed by atoms with E-state index in [9.17, 15) is 5.11 Å². The van der Waals surface area contributed by atoms with Crippen molar-refractivity contribution in [3.63, 3.8) is 0 Å². The lowest BCUT2D eigenvalue weighted by Gasteiger charge is -2.14. The number of aliphatic hydroxyl groups is 1. The molecule has 1 N–H and O–H groups in total. The summed E-state index contributed by atoms with van der Waals surface area (Å²) in [6, 6.07) is 7.99. The predicted molar refractivity (Wildman–Crippen MR) is 59.0 cm³/mol. The maximum atomic E-state index is 9.69.